The van der Waals surface area contributed by atoms with Gasteiger partial charge in [0.2, 0.25) is 5.91 Å². The zero-order chi connectivity index (χ0) is 15.3. The maximum atomic E-state index is 11.6. The lowest BCUT2D eigenvalue weighted by atomic mass is 10.1. The van der Waals surface area contributed by atoms with Crippen molar-refractivity contribution in [3.63, 3.8) is 0 Å². The number of carbonyl (C=O) groups is 2. The monoisotopic (exact) mass is 301 g/mol. The second-order valence-electron chi connectivity index (χ2n) is 4.14. The van der Waals surface area contributed by atoms with Crippen molar-refractivity contribution in [2.45, 2.75) is 6.42 Å². The van der Waals surface area contributed by atoms with Gasteiger partial charge in [0.1, 0.15) is 15.6 Å². The van der Waals surface area contributed by atoms with E-state index in [0.717, 1.165) is 6.26 Å². The average molecular weight is 301 g/mol. The molecule has 0 unspecified atom stereocenters. The smallest absolute Gasteiger partial charge is 0.337 e. The normalized spacial score (nSPS) is 10.9. The van der Waals surface area contributed by atoms with E-state index < -0.39 is 21.7 Å². The highest BCUT2D eigenvalue weighted by atomic mass is 32.2. The van der Waals surface area contributed by atoms with Crippen LogP contribution >= 0.6 is 0 Å². The Morgan fingerprint density at radius 3 is 2.50 bits per heavy atom. The molecule has 1 aromatic rings. The van der Waals surface area contributed by atoms with Gasteiger partial charge in [-0.1, -0.05) is 0 Å². The maximum absolute atomic E-state index is 11.6. The number of rotatable bonds is 6. The molecule has 0 saturated carbocycles. The van der Waals surface area contributed by atoms with Crippen molar-refractivity contribution in [3.05, 3.63) is 23.8 Å². The summed E-state index contributed by atoms with van der Waals surface area (Å²) in [5.41, 5.74) is -0.0335. The first-order valence-corrected chi connectivity index (χ1v) is 7.68. The number of anilines is 1. The Morgan fingerprint density at radius 2 is 2.00 bits per heavy atom. The molecule has 0 aliphatic heterocycles. The third-order valence-corrected chi connectivity index (χ3v) is 3.38. The molecule has 0 spiro atoms. The molecule has 0 radical (unpaired) electrons. The van der Waals surface area contributed by atoms with E-state index in [-0.39, 0.29) is 23.4 Å². The topological polar surface area (TPSA) is 110 Å². The van der Waals surface area contributed by atoms with E-state index in [9.17, 15) is 18.0 Å². The SMILES string of the molecule is COc1ccc(C(=O)O)c(NC(=O)CCS(C)(=O)=O)c1. The van der Waals surface area contributed by atoms with Crippen LogP contribution in [0.5, 0.6) is 5.75 Å². The third kappa shape index (κ3) is 4.88. The Hall–Kier alpha value is -2.09. The van der Waals surface area contributed by atoms with E-state index in [1.54, 1.807) is 0 Å². The molecule has 0 aliphatic rings. The molecule has 0 atom stereocenters. The minimum Gasteiger partial charge on any atom is -0.497 e. The molecule has 0 heterocycles. The molecule has 1 aromatic carbocycles. The molecule has 0 saturated heterocycles. The Morgan fingerprint density at radius 1 is 1.35 bits per heavy atom. The van der Waals surface area contributed by atoms with E-state index in [2.05, 4.69) is 5.32 Å². The molecule has 0 fully saturated rings. The lowest BCUT2D eigenvalue weighted by Gasteiger charge is -2.10. The van der Waals surface area contributed by atoms with Crippen molar-refractivity contribution in [3.8, 4) is 5.75 Å². The van der Waals surface area contributed by atoms with Crippen molar-refractivity contribution < 1.29 is 27.9 Å². The average Bonchev–Trinajstić information content (AvgIpc) is 2.35. The summed E-state index contributed by atoms with van der Waals surface area (Å²) < 4.78 is 26.9. The number of amides is 1. The van der Waals surface area contributed by atoms with Gasteiger partial charge in [0.05, 0.1) is 24.1 Å². The van der Waals surface area contributed by atoms with E-state index in [0.29, 0.717) is 5.75 Å². The number of aromatic carboxylic acids is 1. The largest absolute Gasteiger partial charge is 0.497 e. The van der Waals surface area contributed by atoms with E-state index >= 15 is 0 Å². The molecule has 20 heavy (non-hydrogen) atoms. The molecule has 8 heteroatoms. The lowest BCUT2D eigenvalue weighted by Crippen LogP contribution is -2.18. The van der Waals surface area contributed by atoms with Gasteiger partial charge in [-0.3, -0.25) is 4.79 Å². The number of nitrogens with one attached hydrogen (secondary N) is 1. The molecule has 0 bridgehead atoms. The lowest BCUT2D eigenvalue weighted by molar-refractivity contribution is -0.115. The minimum atomic E-state index is -3.25. The first-order chi connectivity index (χ1) is 9.23. The molecule has 1 rings (SSSR count). The van der Waals surface area contributed by atoms with Crippen LogP contribution in [0, 0.1) is 0 Å². The Labute approximate surface area is 116 Å². The van der Waals surface area contributed by atoms with Gasteiger partial charge in [-0.05, 0) is 12.1 Å². The highest BCUT2D eigenvalue weighted by molar-refractivity contribution is 7.90. The Kier molecular flexibility index (Phi) is 5.09. The predicted molar refractivity (Wildman–Crippen MR) is 72.9 cm³/mol. The van der Waals surface area contributed by atoms with Crippen molar-refractivity contribution in [1.29, 1.82) is 0 Å². The molecular weight excluding hydrogens is 286 g/mol. The van der Waals surface area contributed by atoms with Crippen LogP contribution < -0.4 is 10.1 Å². The number of hydrogen-bond acceptors (Lipinski definition) is 5. The second-order valence-corrected chi connectivity index (χ2v) is 6.40. The van der Waals surface area contributed by atoms with Crippen molar-refractivity contribution in [2.75, 3.05) is 24.4 Å². The number of ether oxygens (including phenoxy) is 1. The van der Waals surface area contributed by atoms with Gasteiger partial charge in [-0.15, -0.1) is 0 Å². The van der Waals surface area contributed by atoms with Crippen molar-refractivity contribution in [1.82, 2.24) is 0 Å². The second kappa shape index (κ2) is 6.38. The van der Waals surface area contributed by atoms with Crippen LogP contribution in [-0.4, -0.2) is 44.5 Å². The van der Waals surface area contributed by atoms with Gasteiger partial charge in [0, 0.05) is 18.7 Å². The van der Waals surface area contributed by atoms with Gasteiger partial charge in [-0.25, -0.2) is 13.2 Å². The number of hydrogen-bond donors (Lipinski definition) is 2. The van der Waals surface area contributed by atoms with Gasteiger partial charge >= 0.3 is 5.97 Å². The third-order valence-electron chi connectivity index (χ3n) is 2.43. The van der Waals surface area contributed by atoms with E-state index in [4.69, 9.17) is 9.84 Å². The zero-order valence-corrected chi connectivity index (χ0v) is 11.9. The molecule has 0 aromatic heterocycles. The summed E-state index contributed by atoms with van der Waals surface area (Å²) in [7, 11) is -1.84. The van der Waals surface area contributed by atoms with Gasteiger partial charge < -0.3 is 15.2 Å². The highest BCUT2D eigenvalue weighted by Crippen LogP contribution is 2.22. The quantitative estimate of drug-likeness (QED) is 0.803. The molecule has 110 valence electrons. The summed E-state index contributed by atoms with van der Waals surface area (Å²) in [6, 6.07) is 4.12. The van der Waals surface area contributed by atoms with E-state index in [1.165, 1.54) is 25.3 Å². The highest BCUT2D eigenvalue weighted by Gasteiger charge is 2.14. The van der Waals surface area contributed by atoms with Crippen LogP contribution in [0.4, 0.5) is 5.69 Å². The first kappa shape index (κ1) is 16.0. The van der Waals surface area contributed by atoms with Gasteiger partial charge in [0.25, 0.3) is 0 Å². The standard InChI is InChI=1S/C12H15NO6S/c1-19-8-3-4-9(12(15)16)10(7-8)13-11(14)5-6-20(2,17)18/h3-4,7H,5-6H2,1-2H3,(H,13,14)(H,15,16). The van der Waals surface area contributed by atoms with Crippen LogP contribution in [0.3, 0.4) is 0 Å². The summed E-state index contributed by atoms with van der Waals surface area (Å²) >= 11 is 0. The predicted octanol–water partition coefficient (Wildman–Crippen LogP) is 0.767. The fourth-order valence-corrected chi connectivity index (χ4v) is 1.99. The summed E-state index contributed by atoms with van der Waals surface area (Å²) in [5, 5.41) is 11.4. The Balaban J connectivity index is 2.89. The number of carboxylic acids is 1. The molecular formula is C12H15NO6S. The van der Waals surface area contributed by atoms with E-state index in [1.807, 2.05) is 0 Å². The number of benzene rings is 1. The van der Waals surface area contributed by atoms with Gasteiger partial charge in [0.15, 0.2) is 0 Å². The molecule has 1 amide bonds. The molecule has 0 aliphatic carbocycles. The first-order valence-electron chi connectivity index (χ1n) is 5.62. The zero-order valence-electron chi connectivity index (χ0n) is 11.0. The summed E-state index contributed by atoms with van der Waals surface area (Å²) in [5.74, 6) is -1.70. The van der Waals surface area contributed by atoms with Crippen molar-refractivity contribution >= 4 is 27.4 Å². The van der Waals surface area contributed by atoms with Crippen LogP contribution in [0.25, 0.3) is 0 Å². The maximum Gasteiger partial charge on any atom is 0.337 e. The number of carbonyl (C=O) groups excluding carboxylic acids is 1. The molecule has 7 nitrogen and oxygen atoms in total. The number of sulfone groups is 1. The van der Waals surface area contributed by atoms with Crippen LogP contribution in [0.1, 0.15) is 16.8 Å². The molecule has 2 N–H and O–H groups in total. The van der Waals surface area contributed by atoms with Crippen LogP contribution in [0.2, 0.25) is 0 Å². The summed E-state index contributed by atoms with van der Waals surface area (Å²) in [6.07, 6.45) is 0.781. The van der Waals surface area contributed by atoms with Crippen LogP contribution in [-0.2, 0) is 14.6 Å². The van der Waals surface area contributed by atoms with Crippen molar-refractivity contribution in [2.24, 2.45) is 0 Å². The number of carboxylic acid groups (broad SMARTS) is 1. The summed E-state index contributed by atoms with van der Waals surface area (Å²) in [6.45, 7) is 0. The van der Waals surface area contributed by atoms with Crippen LogP contribution in [0.15, 0.2) is 18.2 Å². The van der Waals surface area contributed by atoms with Gasteiger partial charge in [-0.2, -0.15) is 0 Å². The summed E-state index contributed by atoms with van der Waals surface area (Å²) in [4.78, 5) is 22.7. The number of methoxy groups -OCH3 is 1. The fourth-order valence-electron chi connectivity index (χ4n) is 1.43. The fraction of sp³-hybridized carbons (Fsp3) is 0.333. The minimum absolute atomic E-state index is 0.0651. The Bertz CT molecular complexity index is 623.